The maximum absolute atomic E-state index is 5.41. The summed E-state index contributed by atoms with van der Waals surface area (Å²) in [6.07, 6.45) is 14.4. The van der Waals surface area contributed by atoms with Crippen LogP contribution in [0.2, 0.25) is 0 Å². The number of hydrogen-bond donors (Lipinski definition) is 0. The van der Waals surface area contributed by atoms with Crippen LogP contribution in [0.1, 0.15) is 170 Å². The second-order valence-electron chi connectivity index (χ2n) is 14.7. The van der Waals surface area contributed by atoms with Gasteiger partial charge in [-0.15, -0.1) is 0 Å². The largest absolute Gasteiger partial charge is 0.568 e. The van der Waals surface area contributed by atoms with Crippen molar-refractivity contribution in [3.8, 4) is 0 Å². The zero-order chi connectivity index (χ0) is 28.5. The van der Waals surface area contributed by atoms with Gasteiger partial charge in [0.1, 0.15) is 0 Å². The third kappa shape index (κ3) is 4.60. The first-order valence-corrected chi connectivity index (χ1v) is 16.3. The van der Waals surface area contributed by atoms with Crippen molar-refractivity contribution in [2.24, 2.45) is 17.8 Å². The van der Waals surface area contributed by atoms with E-state index in [0.29, 0.717) is 53.3 Å². The molecular weight excluding hydrogens is 491 g/mol. The SMILES string of the molecule is CC1CCC(C(C)C)c2nn(B(n3cc4c(n3)C(C(C)C)CCC4C)n3cc4c(n3)C(C(C)C)CCC4C)cc21. The Hall–Kier alpha value is -2.31. The smallest absolute Gasteiger partial charge is 0.268 e. The van der Waals surface area contributed by atoms with E-state index >= 15 is 0 Å². The highest BCUT2D eigenvalue weighted by molar-refractivity contribution is 6.52. The fourth-order valence-electron chi connectivity index (χ4n) is 8.09. The molecule has 0 bridgehead atoms. The van der Waals surface area contributed by atoms with Gasteiger partial charge >= 0.3 is 7.12 Å². The summed E-state index contributed by atoms with van der Waals surface area (Å²) in [6, 6.07) is 0. The van der Waals surface area contributed by atoms with Gasteiger partial charge in [-0.2, -0.15) is 15.3 Å². The predicted octanol–water partition coefficient (Wildman–Crippen LogP) is 8.12. The highest BCUT2D eigenvalue weighted by Crippen LogP contribution is 2.44. The van der Waals surface area contributed by atoms with E-state index in [-0.39, 0.29) is 7.12 Å². The fraction of sp³-hybridized carbons (Fsp3) is 0.727. The van der Waals surface area contributed by atoms with Crippen LogP contribution in [-0.4, -0.2) is 36.2 Å². The lowest BCUT2D eigenvalue weighted by atomic mass is 9.77. The van der Waals surface area contributed by atoms with Crippen LogP contribution in [0.4, 0.5) is 0 Å². The highest BCUT2D eigenvalue weighted by atomic mass is 15.5. The molecule has 3 heterocycles. The summed E-state index contributed by atoms with van der Waals surface area (Å²) in [4.78, 5) is 0. The third-order valence-electron chi connectivity index (χ3n) is 10.9. The zero-order valence-electron chi connectivity index (χ0n) is 26.4. The van der Waals surface area contributed by atoms with Crippen LogP contribution in [0.25, 0.3) is 0 Å². The number of hydrogen-bond acceptors (Lipinski definition) is 3. The molecule has 3 aromatic rings. The van der Waals surface area contributed by atoms with Crippen molar-refractivity contribution in [3.05, 3.63) is 52.4 Å². The van der Waals surface area contributed by atoms with Gasteiger partial charge in [0.25, 0.3) is 0 Å². The van der Waals surface area contributed by atoms with E-state index in [0.717, 1.165) is 0 Å². The van der Waals surface area contributed by atoms with Crippen molar-refractivity contribution in [3.63, 3.8) is 0 Å². The molecule has 6 rings (SSSR count). The molecule has 0 spiro atoms. The maximum atomic E-state index is 5.41. The summed E-state index contributed by atoms with van der Waals surface area (Å²) in [5, 5.41) is 16.2. The van der Waals surface area contributed by atoms with Crippen LogP contribution < -0.4 is 0 Å². The molecule has 3 aromatic heterocycles. The molecule has 3 aliphatic rings. The number of fused-ring (bicyclic) bond motifs is 3. The molecule has 0 fully saturated rings. The minimum absolute atomic E-state index is 0.234. The Bertz CT molecular complexity index is 1180. The van der Waals surface area contributed by atoms with Gasteiger partial charge in [-0.3, -0.25) is 13.8 Å². The van der Waals surface area contributed by atoms with Gasteiger partial charge in [-0.25, -0.2) is 0 Å². The summed E-state index contributed by atoms with van der Waals surface area (Å²) in [7, 11) is -0.234. The Labute approximate surface area is 242 Å². The Morgan fingerprint density at radius 3 is 1.05 bits per heavy atom. The number of rotatable bonds is 6. The normalized spacial score (nSPS) is 28.2. The third-order valence-corrected chi connectivity index (χ3v) is 10.9. The second kappa shape index (κ2) is 10.5. The fourth-order valence-corrected chi connectivity index (χ4v) is 8.09. The van der Waals surface area contributed by atoms with Crippen molar-refractivity contribution in [1.29, 1.82) is 0 Å². The van der Waals surface area contributed by atoms with Crippen LogP contribution in [0.3, 0.4) is 0 Å². The summed E-state index contributed by atoms with van der Waals surface area (Å²) in [5.41, 5.74) is 8.17. The molecular formula is C33H51BN6. The highest BCUT2D eigenvalue weighted by Gasteiger charge is 2.39. The minimum Gasteiger partial charge on any atom is -0.268 e. The average Bonchev–Trinajstić information content (AvgIpc) is 3.63. The molecule has 0 radical (unpaired) electrons. The second-order valence-corrected chi connectivity index (χ2v) is 14.7. The first-order valence-electron chi connectivity index (χ1n) is 16.3. The topological polar surface area (TPSA) is 53.5 Å². The summed E-state index contributed by atoms with van der Waals surface area (Å²) >= 11 is 0. The molecule has 6 unspecified atom stereocenters. The predicted molar refractivity (Wildman–Crippen MR) is 164 cm³/mol. The molecule has 3 aliphatic carbocycles. The lowest BCUT2D eigenvalue weighted by molar-refractivity contribution is 0.401. The molecule has 0 saturated carbocycles. The molecule has 0 amide bonds. The molecule has 216 valence electrons. The number of aromatic nitrogens is 6. The Morgan fingerprint density at radius 2 is 0.800 bits per heavy atom. The standard InChI is InChI=1S/C33H51BN6/c1-19(2)25-13-10-22(7)28-16-38(35-31(25)28)34(39-17-29-23(8)11-14-26(20(3)4)32(29)36-39)40-18-30-24(9)12-15-27(21(5)6)33(30)37-40/h16-27H,10-15H2,1-9H3. The Kier molecular flexibility index (Phi) is 7.32. The van der Waals surface area contributed by atoms with Gasteiger partial charge in [0.15, 0.2) is 0 Å². The Balaban J connectivity index is 1.53. The van der Waals surface area contributed by atoms with E-state index in [9.17, 15) is 0 Å². The monoisotopic (exact) mass is 542 g/mol. The van der Waals surface area contributed by atoms with Crippen LogP contribution in [0.15, 0.2) is 18.6 Å². The quantitative estimate of drug-likeness (QED) is 0.296. The molecule has 0 aromatic carbocycles. The van der Waals surface area contributed by atoms with Crippen molar-refractivity contribution in [2.75, 3.05) is 0 Å². The summed E-state index contributed by atoms with van der Waals surface area (Å²) < 4.78 is 6.63. The minimum atomic E-state index is -0.234. The molecule has 7 heteroatoms. The molecule has 6 nitrogen and oxygen atoms in total. The molecule has 40 heavy (non-hydrogen) atoms. The summed E-state index contributed by atoms with van der Waals surface area (Å²) in [6.45, 7) is 21.2. The van der Waals surface area contributed by atoms with Crippen LogP contribution >= 0.6 is 0 Å². The zero-order valence-corrected chi connectivity index (χ0v) is 26.4. The van der Waals surface area contributed by atoms with Crippen molar-refractivity contribution < 1.29 is 0 Å². The van der Waals surface area contributed by atoms with Gasteiger partial charge in [0.2, 0.25) is 0 Å². The average molecular weight is 543 g/mol. The van der Waals surface area contributed by atoms with E-state index < -0.39 is 0 Å². The van der Waals surface area contributed by atoms with Crippen molar-refractivity contribution in [1.82, 2.24) is 29.1 Å². The lowest BCUT2D eigenvalue weighted by Gasteiger charge is -2.28. The molecule has 0 N–H and O–H groups in total. The van der Waals surface area contributed by atoms with Crippen molar-refractivity contribution >= 4 is 7.12 Å². The Morgan fingerprint density at radius 1 is 0.525 bits per heavy atom. The van der Waals surface area contributed by atoms with Crippen LogP contribution in [0, 0.1) is 17.8 Å². The van der Waals surface area contributed by atoms with E-state index in [1.165, 1.54) is 72.3 Å². The maximum Gasteiger partial charge on any atom is 0.568 e. The molecule has 0 saturated heterocycles. The van der Waals surface area contributed by atoms with Gasteiger partial charge in [-0.1, -0.05) is 62.3 Å². The van der Waals surface area contributed by atoms with Gasteiger partial charge < -0.3 is 0 Å². The van der Waals surface area contributed by atoms with Gasteiger partial charge in [0.05, 0.1) is 17.1 Å². The number of nitrogens with zero attached hydrogens (tertiary/aromatic N) is 6. The van der Waals surface area contributed by atoms with Crippen LogP contribution in [-0.2, 0) is 0 Å². The van der Waals surface area contributed by atoms with Crippen molar-refractivity contribution in [2.45, 2.75) is 136 Å². The van der Waals surface area contributed by atoms with E-state index in [2.05, 4.69) is 94.7 Å². The first-order chi connectivity index (χ1) is 19.0. The molecule has 0 aliphatic heterocycles. The van der Waals surface area contributed by atoms with E-state index in [1.807, 2.05) is 0 Å². The van der Waals surface area contributed by atoms with Crippen LogP contribution in [0.5, 0.6) is 0 Å². The van der Waals surface area contributed by atoms with E-state index in [4.69, 9.17) is 15.3 Å². The lowest BCUT2D eigenvalue weighted by Crippen LogP contribution is -2.43. The first kappa shape index (κ1) is 27.8. The van der Waals surface area contributed by atoms with Gasteiger partial charge in [-0.05, 0) is 90.7 Å². The molecule has 6 atom stereocenters. The van der Waals surface area contributed by atoms with Gasteiger partial charge in [0, 0.05) is 36.3 Å². The van der Waals surface area contributed by atoms with E-state index in [1.54, 1.807) is 0 Å². The summed E-state index contributed by atoms with van der Waals surface area (Å²) in [5.74, 6) is 4.90.